The molecule has 3 aromatic carbocycles. The van der Waals surface area contributed by atoms with E-state index in [1.165, 1.54) is 67.3 Å². The zero-order valence-corrected chi connectivity index (χ0v) is 24.6. The number of hydrogen-bond donors (Lipinski definition) is 0. The topological polar surface area (TPSA) is 128 Å². The second-order valence-electron chi connectivity index (χ2n) is 9.07. The van der Waals surface area contributed by atoms with Gasteiger partial charge in [0, 0.05) is 23.6 Å². The molecule has 0 saturated carbocycles. The van der Waals surface area contributed by atoms with E-state index in [9.17, 15) is 22.9 Å². The lowest BCUT2D eigenvalue weighted by Crippen LogP contribution is -2.31. The van der Waals surface area contributed by atoms with E-state index in [2.05, 4.69) is 21.1 Å². The van der Waals surface area contributed by atoms with Crippen molar-refractivity contribution in [2.24, 2.45) is 0 Å². The molecule has 0 N–H and O–H groups in total. The number of rotatable bonds is 9. The zero-order chi connectivity index (χ0) is 30.0. The van der Waals surface area contributed by atoms with Crippen LogP contribution in [0.4, 0.5) is 10.2 Å². The molecular weight excluding hydrogens is 631 g/mol. The van der Waals surface area contributed by atoms with E-state index in [-0.39, 0.29) is 33.2 Å². The summed E-state index contributed by atoms with van der Waals surface area (Å²) in [6.07, 6.45) is 0.381. The molecule has 5 rings (SSSR count). The van der Waals surface area contributed by atoms with E-state index in [1.807, 2.05) is 6.07 Å². The molecular formula is C29H22BrFN4O6S. The first-order valence-corrected chi connectivity index (χ1v) is 14.6. The minimum atomic E-state index is -4.19. The highest BCUT2D eigenvalue weighted by Gasteiger charge is 2.28. The van der Waals surface area contributed by atoms with Gasteiger partial charge >= 0.3 is 0 Å². The first-order valence-electron chi connectivity index (χ1n) is 12.4. The van der Waals surface area contributed by atoms with E-state index >= 15 is 0 Å². The zero-order valence-electron chi connectivity index (χ0n) is 22.2. The average molecular weight is 653 g/mol. The first-order chi connectivity index (χ1) is 20.1. The number of fused-ring (bicyclic) bond motifs is 1. The van der Waals surface area contributed by atoms with Crippen molar-refractivity contribution in [3.8, 4) is 23.3 Å². The van der Waals surface area contributed by atoms with Gasteiger partial charge < -0.3 is 14.0 Å². The molecule has 214 valence electrons. The van der Waals surface area contributed by atoms with Crippen molar-refractivity contribution in [3.05, 3.63) is 105 Å². The van der Waals surface area contributed by atoms with Crippen LogP contribution in [0, 0.1) is 17.1 Å². The van der Waals surface area contributed by atoms with Crippen LogP contribution in [-0.2, 0) is 16.6 Å². The van der Waals surface area contributed by atoms with Crippen LogP contribution in [0.2, 0.25) is 0 Å². The lowest BCUT2D eigenvalue weighted by Gasteiger charge is -2.22. The van der Waals surface area contributed by atoms with Gasteiger partial charge in [-0.2, -0.15) is 5.26 Å². The Balaban J connectivity index is 1.62. The maximum Gasteiger partial charge on any atom is 0.265 e. The first kappa shape index (κ1) is 28.8. The summed E-state index contributed by atoms with van der Waals surface area (Å²) in [4.78, 5) is 13.0. The molecule has 0 aliphatic rings. The fraction of sp³-hybridized carbons (Fsp3) is 0.138. The van der Waals surface area contributed by atoms with Gasteiger partial charge in [-0.25, -0.2) is 17.1 Å². The molecule has 0 fully saturated rings. The molecule has 1 atom stereocenters. The summed E-state index contributed by atoms with van der Waals surface area (Å²) in [5, 5.41) is 13.5. The second kappa shape index (κ2) is 11.7. The van der Waals surface area contributed by atoms with Gasteiger partial charge in [-0.15, -0.1) is 0 Å². The number of nitrogens with zero attached hydrogens (tertiary/aromatic N) is 4. The average Bonchev–Trinajstić information content (AvgIpc) is 3.52. The largest absolute Gasteiger partial charge is 0.497 e. The van der Waals surface area contributed by atoms with Gasteiger partial charge in [0.25, 0.3) is 15.6 Å². The Hall–Kier alpha value is -4.67. The third kappa shape index (κ3) is 5.59. The van der Waals surface area contributed by atoms with E-state index in [4.69, 9.17) is 14.0 Å². The standard InChI is InChI=1S/C29H22BrFN4O6S/c1-18(16-32)41-27-14-23(30)24(31)15-26(27)35-25-9-8-22(13-20(25)5-10-29(35)36)42(37,38)34(28-11-12-40-33-28)17-19-3-6-21(39-2)7-4-19/h3-15,18H,17H2,1-2H3. The van der Waals surface area contributed by atoms with Crippen LogP contribution in [-0.4, -0.2) is 31.4 Å². The van der Waals surface area contributed by atoms with Crippen LogP contribution in [0.5, 0.6) is 11.5 Å². The quantitative estimate of drug-likeness (QED) is 0.202. The van der Waals surface area contributed by atoms with Crippen molar-refractivity contribution in [2.75, 3.05) is 11.4 Å². The highest BCUT2D eigenvalue weighted by molar-refractivity contribution is 9.10. The fourth-order valence-corrected chi connectivity index (χ4v) is 6.04. The highest BCUT2D eigenvalue weighted by Crippen LogP contribution is 2.33. The SMILES string of the molecule is COc1ccc(CN(c2ccon2)S(=O)(=O)c2ccc3c(ccc(=O)n3-c3cc(F)c(Br)cc3OC(C)C#N)c2)cc1. The minimum absolute atomic E-state index is 0.0488. The molecule has 0 bridgehead atoms. The van der Waals surface area contributed by atoms with Crippen molar-refractivity contribution in [1.82, 2.24) is 9.72 Å². The van der Waals surface area contributed by atoms with Crippen molar-refractivity contribution in [2.45, 2.75) is 24.5 Å². The Morgan fingerprint density at radius 1 is 1.12 bits per heavy atom. The Labute approximate surface area is 248 Å². The molecule has 0 amide bonds. The second-order valence-corrected chi connectivity index (χ2v) is 11.8. The predicted octanol–water partition coefficient (Wildman–Crippen LogP) is 5.58. The van der Waals surface area contributed by atoms with Gasteiger partial charge in [-0.1, -0.05) is 17.3 Å². The molecule has 0 saturated heterocycles. The Morgan fingerprint density at radius 3 is 2.55 bits per heavy atom. The third-order valence-electron chi connectivity index (χ3n) is 6.35. The number of hydrogen-bond acceptors (Lipinski definition) is 8. The number of benzene rings is 3. The Kier molecular flexibility index (Phi) is 8.02. The fourth-order valence-electron chi connectivity index (χ4n) is 4.28. The molecule has 13 heteroatoms. The summed E-state index contributed by atoms with van der Waals surface area (Å²) in [6.45, 7) is 1.46. The number of aromatic nitrogens is 2. The smallest absolute Gasteiger partial charge is 0.265 e. The normalized spacial score (nSPS) is 12.1. The van der Waals surface area contributed by atoms with Crippen molar-refractivity contribution >= 4 is 42.7 Å². The van der Waals surface area contributed by atoms with Crippen LogP contribution < -0.4 is 19.3 Å². The molecule has 0 radical (unpaired) electrons. The Morgan fingerprint density at radius 2 is 1.88 bits per heavy atom. The van der Waals surface area contributed by atoms with E-state index in [0.29, 0.717) is 22.2 Å². The summed E-state index contributed by atoms with van der Waals surface area (Å²) >= 11 is 3.11. The van der Waals surface area contributed by atoms with Gasteiger partial charge in [0.15, 0.2) is 11.9 Å². The number of pyridine rings is 1. The Bertz CT molecular complexity index is 1970. The highest BCUT2D eigenvalue weighted by atomic mass is 79.9. The number of nitriles is 1. The summed E-state index contributed by atoms with van der Waals surface area (Å²) in [7, 11) is -2.66. The van der Waals surface area contributed by atoms with Crippen LogP contribution in [0.3, 0.4) is 0 Å². The molecule has 2 heterocycles. The van der Waals surface area contributed by atoms with Gasteiger partial charge in [0.05, 0.1) is 34.2 Å². The number of anilines is 1. The maximum atomic E-state index is 14.7. The summed E-state index contributed by atoms with van der Waals surface area (Å²) in [6, 6.07) is 19.7. The number of methoxy groups -OCH3 is 1. The van der Waals surface area contributed by atoms with Crippen LogP contribution in [0.25, 0.3) is 16.6 Å². The van der Waals surface area contributed by atoms with Crippen molar-refractivity contribution in [1.29, 1.82) is 5.26 Å². The summed E-state index contributed by atoms with van der Waals surface area (Å²) in [5.74, 6) is 0.123. The van der Waals surface area contributed by atoms with Gasteiger partial charge in [0.1, 0.15) is 29.6 Å². The predicted molar refractivity (Wildman–Crippen MR) is 156 cm³/mol. The molecule has 2 aromatic heterocycles. The number of ether oxygens (including phenoxy) is 2. The van der Waals surface area contributed by atoms with Crippen LogP contribution in [0.15, 0.2) is 97.7 Å². The lowest BCUT2D eigenvalue weighted by molar-refractivity contribution is 0.275. The van der Waals surface area contributed by atoms with Crippen molar-refractivity contribution in [3.63, 3.8) is 0 Å². The third-order valence-corrected chi connectivity index (χ3v) is 8.70. The van der Waals surface area contributed by atoms with Crippen molar-refractivity contribution < 1.29 is 26.8 Å². The van der Waals surface area contributed by atoms with E-state index < -0.39 is 27.5 Å². The lowest BCUT2D eigenvalue weighted by atomic mass is 10.2. The van der Waals surface area contributed by atoms with Gasteiger partial charge in [-0.3, -0.25) is 9.36 Å². The van der Waals surface area contributed by atoms with E-state index in [0.717, 1.165) is 10.4 Å². The van der Waals surface area contributed by atoms with E-state index in [1.54, 1.807) is 24.3 Å². The molecule has 0 spiro atoms. The monoisotopic (exact) mass is 652 g/mol. The summed E-state index contributed by atoms with van der Waals surface area (Å²) < 4.78 is 60.8. The minimum Gasteiger partial charge on any atom is -0.497 e. The van der Waals surface area contributed by atoms with Crippen LogP contribution in [0.1, 0.15) is 12.5 Å². The van der Waals surface area contributed by atoms with Gasteiger partial charge in [0.2, 0.25) is 0 Å². The molecule has 10 nitrogen and oxygen atoms in total. The maximum absolute atomic E-state index is 14.7. The molecule has 5 aromatic rings. The number of halogens is 2. The molecule has 1 unspecified atom stereocenters. The number of sulfonamides is 1. The van der Waals surface area contributed by atoms with Gasteiger partial charge in [-0.05, 0) is 70.9 Å². The molecule has 0 aliphatic carbocycles. The molecule has 0 aliphatic heterocycles. The summed E-state index contributed by atoms with van der Waals surface area (Å²) in [5.41, 5.74) is 0.500. The van der Waals surface area contributed by atoms with Crippen LogP contribution >= 0.6 is 15.9 Å². The molecule has 42 heavy (non-hydrogen) atoms.